The van der Waals surface area contributed by atoms with Crippen LogP contribution < -0.4 is 10.1 Å². The lowest BCUT2D eigenvalue weighted by molar-refractivity contribution is 0.132. The summed E-state index contributed by atoms with van der Waals surface area (Å²) in [6, 6.07) is 23.2. The number of benzene rings is 3. The van der Waals surface area contributed by atoms with E-state index in [4.69, 9.17) is 9.47 Å². The first-order valence-electron chi connectivity index (χ1n) is 10.2. The molecular formula is C25H25NO4. The minimum absolute atomic E-state index is 0.00111. The normalized spacial score (nSPS) is 13.3. The number of alkyl carbamates (subject to hydrolysis) is 1. The molecule has 1 atom stereocenters. The van der Waals surface area contributed by atoms with Crippen molar-refractivity contribution in [3.05, 3.63) is 89.5 Å². The number of aliphatic hydroxyl groups is 1. The summed E-state index contributed by atoms with van der Waals surface area (Å²) in [5.74, 6) is 0.750. The van der Waals surface area contributed by atoms with Crippen molar-refractivity contribution < 1.29 is 19.4 Å². The third-order valence-corrected chi connectivity index (χ3v) is 5.41. The van der Waals surface area contributed by atoms with Gasteiger partial charge in [0.15, 0.2) is 0 Å². The maximum absolute atomic E-state index is 12.5. The number of ether oxygens (including phenoxy) is 2. The van der Waals surface area contributed by atoms with Gasteiger partial charge in [-0.1, -0.05) is 60.7 Å². The van der Waals surface area contributed by atoms with E-state index in [9.17, 15) is 9.90 Å². The average molecular weight is 403 g/mol. The molecule has 0 heterocycles. The van der Waals surface area contributed by atoms with Gasteiger partial charge in [0.25, 0.3) is 0 Å². The predicted octanol–water partition coefficient (Wildman–Crippen LogP) is 4.66. The van der Waals surface area contributed by atoms with Crippen LogP contribution in [0.1, 0.15) is 35.6 Å². The number of amides is 1. The Morgan fingerprint density at radius 2 is 1.57 bits per heavy atom. The molecule has 4 rings (SSSR count). The zero-order chi connectivity index (χ0) is 20.9. The first-order chi connectivity index (χ1) is 14.7. The van der Waals surface area contributed by atoms with Crippen molar-refractivity contribution in [3.63, 3.8) is 0 Å². The van der Waals surface area contributed by atoms with Crippen molar-refractivity contribution >= 4 is 6.09 Å². The molecule has 0 spiro atoms. The molecule has 154 valence electrons. The van der Waals surface area contributed by atoms with Gasteiger partial charge in [0.05, 0.1) is 19.3 Å². The highest BCUT2D eigenvalue weighted by atomic mass is 16.5. The fourth-order valence-corrected chi connectivity index (χ4v) is 3.98. The zero-order valence-corrected chi connectivity index (χ0v) is 16.9. The Kier molecular flexibility index (Phi) is 6.00. The Morgan fingerprint density at radius 3 is 2.13 bits per heavy atom. The molecule has 5 heteroatoms. The predicted molar refractivity (Wildman–Crippen MR) is 116 cm³/mol. The largest absolute Gasteiger partial charge is 0.494 e. The van der Waals surface area contributed by atoms with Crippen molar-refractivity contribution in [1.82, 2.24) is 5.32 Å². The molecule has 3 aromatic rings. The molecule has 1 amide bonds. The summed E-state index contributed by atoms with van der Waals surface area (Å²) in [4.78, 5) is 12.5. The molecule has 0 fully saturated rings. The van der Waals surface area contributed by atoms with Crippen LogP contribution >= 0.6 is 0 Å². The van der Waals surface area contributed by atoms with Gasteiger partial charge in [-0.05, 0) is 46.9 Å². The number of hydrogen-bond acceptors (Lipinski definition) is 4. The zero-order valence-electron chi connectivity index (χ0n) is 16.9. The molecule has 1 unspecified atom stereocenters. The fourth-order valence-electron chi connectivity index (χ4n) is 3.98. The number of nitrogens with one attached hydrogen (secondary N) is 1. The highest BCUT2D eigenvalue weighted by Crippen LogP contribution is 2.44. The highest BCUT2D eigenvalue weighted by molar-refractivity contribution is 5.79. The number of carbonyl (C=O) groups excluding carboxylic acids is 1. The molecular weight excluding hydrogens is 378 g/mol. The Balaban J connectivity index is 1.42. The summed E-state index contributed by atoms with van der Waals surface area (Å²) in [5, 5.41) is 12.5. The molecule has 5 nitrogen and oxygen atoms in total. The molecule has 0 radical (unpaired) electrons. The average Bonchev–Trinajstić information content (AvgIpc) is 3.11. The topological polar surface area (TPSA) is 67.8 Å². The van der Waals surface area contributed by atoms with Crippen LogP contribution in [-0.4, -0.2) is 31.0 Å². The summed E-state index contributed by atoms with van der Waals surface area (Å²) in [5.41, 5.74) is 5.48. The highest BCUT2D eigenvalue weighted by Gasteiger charge is 2.29. The van der Waals surface area contributed by atoms with Crippen LogP contribution in [0.4, 0.5) is 4.79 Å². The van der Waals surface area contributed by atoms with Gasteiger partial charge in [-0.25, -0.2) is 4.79 Å². The van der Waals surface area contributed by atoms with Gasteiger partial charge >= 0.3 is 6.09 Å². The Morgan fingerprint density at radius 1 is 0.967 bits per heavy atom. The minimum Gasteiger partial charge on any atom is -0.494 e. The van der Waals surface area contributed by atoms with Crippen LogP contribution in [-0.2, 0) is 4.74 Å². The smallest absolute Gasteiger partial charge is 0.407 e. The quantitative estimate of drug-likeness (QED) is 0.602. The third kappa shape index (κ3) is 4.02. The molecule has 1 aliphatic rings. The molecule has 0 aliphatic heterocycles. The Hall–Kier alpha value is -3.31. The first-order valence-corrected chi connectivity index (χ1v) is 10.2. The standard InChI is InChI=1S/C25H25NO4/c1-2-29-18-13-11-17(12-14-18)24(15-27)26-25(28)30-16-23-21-9-5-3-7-19(21)20-8-4-6-10-22(20)23/h3-14,23-24,27H,2,15-16H2,1H3,(H,26,28). The molecule has 30 heavy (non-hydrogen) atoms. The van der Waals surface area contributed by atoms with Gasteiger partial charge in [-0.15, -0.1) is 0 Å². The molecule has 0 saturated heterocycles. The van der Waals surface area contributed by atoms with Gasteiger partial charge in [0.2, 0.25) is 0 Å². The van der Waals surface area contributed by atoms with E-state index in [1.54, 1.807) is 0 Å². The summed E-state index contributed by atoms with van der Waals surface area (Å²) in [6.07, 6.45) is -0.551. The van der Waals surface area contributed by atoms with Crippen LogP contribution in [0.3, 0.4) is 0 Å². The lowest BCUT2D eigenvalue weighted by Gasteiger charge is -2.19. The Bertz CT molecular complexity index is 970. The molecule has 3 aromatic carbocycles. The first kappa shape index (κ1) is 20.0. The summed E-state index contributed by atoms with van der Waals surface area (Å²) in [7, 11) is 0. The van der Waals surface area contributed by atoms with Crippen LogP contribution in [0.5, 0.6) is 5.75 Å². The van der Waals surface area contributed by atoms with Crippen molar-refractivity contribution in [3.8, 4) is 16.9 Å². The van der Waals surface area contributed by atoms with Crippen molar-refractivity contribution in [1.29, 1.82) is 0 Å². The third-order valence-electron chi connectivity index (χ3n) is 5.41. The van der Waals surface area contributed by atoms with Gasteiger partial charge in [0, 0.05) is 5.92 Å². The molecule has 0 saturated carbocycles. The summed E-state index contributed by atoms with van der Waals surface area (Å²) >= 11 is 0. The van der Waals surface area contributed by atoms with Gasteiger partial charge < -0.3 is 19.9 Å². The molecule has 0 aromatic heterocycles. The maximum Gasteiger partial charge on any atom is 0.407 e. The van der Waals surface area contributed by atoms with Gasteiger partial charge in [0.1, 0.15) is 12.4 Å². The van der Waals surface area contributed by atoms with E-state index in [1.165, 1.54) is 11.1 Å². The number of hydrogen-bond donors (Lipinski definition) is 2. The number of aliphatic hydroxyl groups excluding tert-OH is 1. The molecule has 2 N–H and O–H groups in total. The van der Waals surface area contributed by atoms with Crippen LogP contribution in [0.25, 0.3) is 11.1 Å². The second kappa shape index (κ2) is 9.01. The van der Waals surface area contributed by atoms with Crippen molar-refractivity contribution in [2.75, 3.05) is 19.8 Å². The van der Waals surface area contributed by atoms with E-state index < -0.39 is 12.1 Å². The summed E-state index contributed by atoms with van der Waals surface area (Å²) in [6.45, 7) is 2.52. The number of carbonyl (C=O) groups is 1. The molecule has 0 bridgehead atoms. The van der Waals surface area contributed by atoms with Crippen LogP contribution in [0.2, 0.25) is 0 Å². The van der Waals surface area contributed by atoms with Crippen LogP contribution in [0, 0.1) is 0 Å². The van der Waals surface area contributed by atoms with E-state index in [-0.39, 0.29) is 19.1 Å². The second-order valence-corrected chi connectivity index (χ2v) is 7.21. The van der Waals surface area contributed by atoms with E-state index in [0.717, 1.165) is 22.4 Å². The van der Waals surface area contributed by atoms with E-state index in [2.05, 4.69) is 29.6 Å². The monoisotopic (exact) mass is 403 g/mol. The maximum atomic E-state index is 12.5. The number of fused-ring (bicyclic) bond motifs is 3. The van der Waals surface area contributed by atoms with Crippen LogP contribution in [0.15, 0.2) is 72.8 Å². The molecule has 1 aliphatic carbocycles. The van der Waals surface area contributed by atoms with E-state index >= 15 is 0 Å². The van der Waals surface area contributed by atoms with E-state index in [0.29, 0.717) is 6.61 Å². The van der Waals surface area contributed by atoms with E-state index in [1.807, 2.05) is 55.5 Å². The Labute approximate surface area is 176 Å². The second-order valence-electron chi connectivity index (χ2n) is 7.21. The number of rotatable bonds is 7. The minimum atomic E-state index is -0.551. The summed E-state index contributed by atoms with van der Waals surface area (Å²) < 4.78 is 11.0. The van der Waals surface area contributed by atoms with Crippen molar-refractivity contribution in [2.24, 2.45) is 0 Å². The lowest BCUT2D eigenvalue weighted by Crippen LogP contribution is -2.32. The fraction of sp³-hybridized carbons (Fsp3) is 0.240. The lowest BCUT2D eigenvalue weighted by atomic mass is 9.98. The van der Waals surface area contributed by atoms with Gasteiger partial charge in [-0.2, -0.15) is 0 Å². The SMILES string of the molecule is CCOc1ccc(C(CO)NC(=O)OCC2c3ccccc3-c3ccccc32)cc1. The van der Waals surface area contributed by atoms with Crippen molar-refractivity contribution in [2.45, 2.75) is 18.9 Å². The van der Waals surface area contributed by atoms with Gasteiger partial charge in [-0.3, -0.25) is 0 Å².